The van der Waals surface area contributed by atoms with Crippen LogP contribution < -0.4 is 0 Å². The third kappa shape index (κ3) is 1.40. The first-order valence-electron chi connectivity index (χ1n) is 4.08. The standard InChI is InChI=1S/C10H10N2O/c1-8-6-7-12(11-8)9-4-2-3-5-10(9)13/h2-7,13H,1H3. The van der Waals surface area contributed by atoms with Crippen molar-refractivity contribution in [3.05, 3.63) is 42.2 Å². The predicted molar refractivity (Wildman–Crippen MR) is 50.0 cm³/mol. The lowest BCUT2D eigenvalue weighted by atomic mass is 10.3. The first-order valence-corrected chi connectivity index (χ1v) is 4.08. The van der Waals surface area contributed by atoms with Crippen molar-refractivity contribution in [2.45, 2.75) is 6.92 Å². The van der Waals surface area contributed by atoms with Crippen molar-refractivity contribution in [2.75, 3.05) is 0 Å². The second-order valence-electron chi connectivity index (χ2n) is 2.89. The van der Waals surface area contributed by atoms with E-state index >= 15 is 0 Å². The van der Waals surface area contributed by atoms with Crippen LogP contribution in [0.4, 0.5) is 0 Å². The Morgan fingerprint density at radius 3 is 2.62 bits per heavy atom. The molecule has 1 N–H and O–H groups in total. The Kier molecular flexibility index (Phi) is 1.77. The molecule has 1 aromatic heterocycles. The summed E-state index contributed by atoms with van der Waals surface area (Å²) in [4.78, 5) is 0. The average Bonchev–Trinajstić information content (AvgIpc) is 2.53. The summed E-state index contributed by atoms with van der Waals surface area (Å²) in [5.74, 6) is 0.241. The highest BCUT2D eigenvalue weighted by atomic mass is 16.3. The van der Waals surface area contributed by atoms with E-state index < -0.39 is 0 Å². The second-order valence-corrected chi connectivity index (χ2v) is 2.89. The number of rotatable bonds is 1. The molecule has 0 aliphatic heterocycles. The molecule has 0 aliphatic rings. The molecule has 3 nitrogen and oxygen atoms in total. The van der Waals surface area contributed by atoms with Crippen LogP contribution in [0.25, 0.3) is 5.69 Å². The van der Waals surface area contributed by atoms with Crippen LogP contribution in [-0.4, -0.2) is 14.9 Å². The van der Waals surface area contributed by atoms with Crippen LogP contribution in [0.1, 0.15) is 5.69 Å². The fourth-order valence-corrected chi connectivity index (χ4v) is 1.21. The van der Waals surface area contributed by atoms with E-state index in [2.05, 4.69) is 5.10 Å². The van der Waals surface area contributed by atoms with E-state index in [9.17, 15) is 5.11 Å². The summed E-state index contributed by atoms with van der Waals surface area (Å²) in [6.45, 7) is 1.91. The molecule has 3 heteroatoms. The van der Waals surface area contributed by atoms with Gasteiger partial charge in [0, 0.05) is 6.20 Å². The molecule has 0 saturated heterocycles. The minimum Gasteiger partial charge on any atom is -0.506 e. The lowest BCUT2D eigenvalue weighted by molar-refractivity contribution is 0.470. The Bertz CT molecular complexity index is 420. The Hall–Kier alpha value is -1.77. The number of nitrogens with zero attached hydrogens (tertiary/aromatic N) is 2. The van der Waals surface area contributed by atoms with Gasteiger partial charge in [-0.1, -0.05) is 12.1 Å². The number of hydrogen-bond acceptors (Lipinski definition) is 2. The van der Waals surface area contributed by atoms with Crippen LogP contribution in [0, 0.1) is 6.92 Å². The molecule has 0 unspecified atom stereocenters. The maximum atomic E-state index is 9.51. The van der Waals surface area contributed by atoms with Gasteiger partial charge in [-0.25, -0.2) is 4.68 Å². The summed E-state index contributed by atoms with van der Waals surface area (Å²) in [5.41, 5.74) is 1.64. The summed E-state index contributed by atoms with van der Waals surface area (Å²) < 4.78 is 1.66. The Balaban J connectivity index is 2.52. The molecule has 0 aliphatic carbocycles. The van der Waals surface area contributed by atoms with E-state index in [1.54, 1.807) is 16.8 Å². The number of para-hydroxylation sites is 2. The van der Waals surface area contributed by atoms with Crippen LogP contribution in [0.15, 0.2) is 36.5 Å². The maximum Gasteiger partial charge on any atom is 0.141 e. The molecule has 0 atom stereocenters. The van der Waals surface area contributed by atoms with Crippen LogP contribution in [0.3, 0.4) is 0 Å². The molecule has 0 amide bonds. The number of aryl methyl sites for hydroxylation is 1. The lowest BCUT2D eigenvalue weighted by Gasteiger charge is -2.02. The molecule has 2 aromatic rings. The minimum atomic E-state index is 0.241. The summed E-state index contributed by atoms with van der Waals surface area (Å²) in [7, 11) is 0. The molecule has 0 saturated carbocycles. The van der Waals surface area contributed by atoms with E-state index in [0.29, 0.717) is 5.69 Å². The number of phenols is 1. The summed E-state index contributed by atoms with van der Waals surface area (Å²) in [6.07, 6.45) is 1.82. The zero-order valence-corrected chi connectivity index (χ0v) is 7.31. The van der Waals surface area contributed by atoms with Gasteiger partial charge in [-0.3, -0.25) is 0 Å². The lowest BCUT2D eigenvalue weighted by Crippen LogP contribution is -1.94. The largest absolute Gasteiger partial charge is 0.506 e. The molecule has 13 heavy (non-hydrogen) atoms. The van der Waals surface area contributed by atoms with E-state index in [1.807, 2.05) is 31.3 Å². The van der Waals surface area contributed by atoms with Gasteiger partial charge >= 0.3 is 0 Å². The van der Waals surface area contributed by atoms with Crippen LogP contribution in [0.2, 0.25) is 0 Å². The summed E-state index contributed by atoms with van der Waals surface area (Å²) >= 11 is 0. The van der Waals surface area contributed by atoms with Gasteiger partial charge in [0.25, 0.3) is 0 Å². The van der Waals surface area contributed by atoms with Gasteiger partial charge in [0.2, 0.25) is 0 Å². The van der Waals surface area contributed by atoms with E-state index in [0.717, 1.165) is 5.69 Å². The van der Waals surface area contributed by atoms with Gasteiger partial charge in [-0.05, 0) is 25.1 Å². The third-order valence-corrected chi connectivity index (χ3v) is 1.85. The van der Waals surface area contributed by atoms with Crippen molar-refractivity contribution in [3.8, 4) is 11.4 Å². The number of aromatic nitrogens is 2. The van der Waals surface area contributed by atoms with Gasteiger partial charge in [-0.15, -0.1) is 0 Å². The van der Waals surface area contributed by atoms with Crippen LogP contribution in [0.5, 0.6) is 5.75 Å². The minimum absolute atomic E-state index is 0.241. The van der Waals surface area contributed by atoms with Gasteiger partial charge in [0.1, 0.15) is 11.4 Å². The monoisotopic (exact) mass is 174 g/mol. The Labute approximate surface area is 76.3 Å². The molecule has 0 bridgehead atoms. The smallest absolute Gasteiger partial charge is 0.141 e. The first-order chi connectivity index (χ1) is 6.27. The molecule has 0 fully saturated rings. The van der Waals surface area contributed by atoms with Gasteiger partial charge < -0.3 is 5.11 Å². The number of aromatic hydroxyl groups is 1. The van der Waals surface area contributed by atoms with Crippen molar-refractivity contribution in [1.29, 1.82) is 0 Å². The average molecular weight is 174 g/mol. The summed E-state index contributed by atoms with van der Waals surface area (Å²) in [6, 6.07) is 9.02. The molecule has 0 spiro atoms. The number of phenolic OH excluding ortho intramolecular Hbond substituents is 1. The molecule has 2 rings (SSSR count). The molecule has 1 heterocycles. The maximum absolute atomic E-state index is 9.51. The van der Waals surface area contributed by atoms with E-state index in [1.165, 1.54) is 0 Å². The molecular weight excluding hydrogens is 164 g/mol. The van der Waals surface area contributed by atoms with Crippen molar-refractivity contribution in [3.63, 3.8) is 0 Å². The van der Waals surface area contributed by atoms with Gasteiger partial charge in [-0.2, -0.15) is 5.10 Å². The van der Waals surface area contributed by atoms with Gasteiger partial charge in [0.05, 0.1) is 5.69 Å². The Morgan fingerprint density at radius 2 is 2.00 bits per heavy atom. The van der Waals surface area contributed by atoms with E-state index in [-0.39, 0.29) is 5.75 Å². The third-order valence-electron chi connectivity index (χ3n) is 1.85. The van der Waals surface area contributed by atoms with Gasteiger partial charge in [0.15, 0.2) is 0 Å². The van der Waals surface area contributed by atoms with Crippen molar-refractivity contribution in [1.82, 2.24) is 9.78 Å². The number of hydrogen-bond donors (Lipinski definition) is 1. The molecule has 1 aromatic carbocycles. The first kappa shape index (κ1) is 7.86. The fourth-order valence-electron chi connectivity index (χ4n) is 1.21. The fraction of sp³-hybridized carbons (Fsp3) is 0.100. The highest BCUT2D eigenvalue weighted by molar-refractivity contribution is 5.44. The SMILES string of the molecule is Cc1ccn(-c2ccccc2O)n1. The van der Waals surface area contributed by atoms with Crippen molar-refractivity contribution < 1.29 is 5.11 Å². The highest BCUT2D eigenvalue weighted by Crippen LogP contribution is 2.19. The molecule has 66 valence electrons. The second kappa shape index (κ2) is 2.94. The summed E-state index contributed by atoms with van der Waals surface area (Å²) in [5, 5.41) is 13.7. The molecule has 0 radical (unpaired) electrons. The normalized spacial score (nSPS) is 10.2. The topological polar surface area (TPSA) is 38.0 Å². The van der Waals surface area contributed by atoms with Crippen LogP contribution >= 0.6 is 0 Å². The zero-order chi connectivity index (χ0) is 9.26. The van der Waals surface area contributed by atoms with Crippen molar-refractivity contribution in [2.24, 2.45) is 0 Å². The predicted octanol–water partition coefficient (Wildman–Crippen LogP) is 1.89. The Morgan fingerprint density at radius 1 is 1.23 bits per heavy atom. The molecular formula is C10H10N2O. The number of benzene rings is 1. The zero-order valence-electron chi connectivity index (χ0n) is 7.31. The van der Waals surface area contributed by atoms with Crippen molar-refractivity contribution >= 4 is 0 Å². The van der Waals surface area contributed by atoms with Crippen LogP contribution in [-0.2, 0) is 0 Å². The quantitative estimate of drug-likeness (QED) is 0.716. The highest BCUT2D eigenvalue weighted by Gasteiger charge is 2.01. The van der Waals surface area contributed by atoms with E-state index in [4.69, 9.17) is 0 Å².